The minimum atomic E-state index is -0.473. The topological polar surface area (TPSA) is 88.0 Å². The van der Waals surface area contributed by atoms with Gasteiger partial charge in [-0.3, -0.25) is 9.59 Å². The van der Waals surface area contributed by atoms with E-state index in [9.17, 15) is 9.59 Å². The largest absolute Gasteiger partial charge is 0.365 e. The molecule has 23 heavy (non-hydrogen) atoms. The molecule has 3 aromatic rings. The number of thiophene rings is 1. The fourth-order valence-electron chi connectivity index (χ4n) is 3.12. The molecule has 0 fully saturated rings. The van der Waals surface area contributed by atoms with E-state index in [-0.39, 0.29) is 5.91 Å². The normalized spacial score (nSPS) is 13.2. The number of primary amides is 1. The molecule has 2 aromatic heterocycles. The number of aryl methyl sites for hydroxylation is 1. The van der Waals surface area contributed by atoms with Crippen molar-refractivity contribution in [2.24, 2.45) is 5.73 Å². The number of nitrogens with one attached hydrogen (secondary N) is 2. The Morgan fingerprint density at radius 1 is 1.22 bits per heavy atom. The van der Waals surface area contributed by atoms with Crippen LogP contribution in [0.2, 0.25) is 0 Å². The molecule has 0 saturated carbocycles. The molecule has 0 spiro atoms. The van der Waals surface area contributed by atoms with Crippen LogP contribution in [0.5, 0.6) is 0 Å². The Balaban J connectivity index is 1.67. The Morgan fingerprint density at radius 3 is 2.91 bits per heavy atom. The molecule has 116 valence electrons. The van der Waals surface area contributed by atoms with Gasteiger partial charge in [-0.2, -0.15) is 0 Å². The van der Waals surface area contributed by atoms with Crippen molar-refractivity contribution in [2.45, 2.75) is 19.3 Å². The van der Waals surface area contributed by atoms with E-state index >= 15 is 0 Å². The van der Waals surface area contributed by atoms with Crippen molar-refractivity contribution in [3.63, 3.8) is 0 Å². The smallest absolute Gasteiger partial charge is 0.256 e. The molecule has 0 saturated heterocycles. The molecule has 1 aromatic carbocycles. The molecular weight excluding hydrogens is 310 g/mol. The van der Waals surface area contributed by atoms with Crippen molar-refractivity contribution < 1.29 is 9.59 Å². The van der Waals surface area contributed by atoms with Crippen molar-refractivity contribution in [3.05, 3.63) is 52.0 Å². The molecule has 0 radical (unpaired) electrons. The molecule has 4 N–H and O–H groups in total. The second-order valence-corrected chi connectivity index (χ2v) is 6.76. The summed E-state index contributed by atoms with van der Waals surface area (Å²) in [6, 6.07) is 7.42. The molecule has 1 aliphatic carbocycles. The summed E-state index contributed by atoms with van der Waals surface area (Å²) in [6.07, 6.45) is 4.68. The lowest BCUT2D eigenvalue weighted by atomic mass is 10.1. The number of amides is 2. The molecule has 4 rings (SSSR count). The highest BCUT2D eigenvalue weighted by Crippen LogP contribution is 2.39. The first-order chi connectivity index (χ1) is 11.1. The maximum absolute atomic E-state index is 12.5. The second-order valence-electron chi connectivity index (χ2n) is 5.66. The Kier molecular flexibility index (Phi) is 3.20. The summed E-state index contributed by atoms with van der Waals surface area (Å²) >= 11 is 1.46. The summed E-state index contributed by atoms with van der Waals surface area (Å²) in [6.45, 7) is 0. The van der Waals surface area contributed by atoms with Crippen LogP contribution in [-0.4, -0.2) is 16.8 Å². The Labute approximate surface area is 136 Å². The highest BCUT2D eigenvalue weighted by molar-refractivity contribution is 7.17. The van der Waals surface area contributed by atoms with Crippen molar-refractivity contribution in [3.8, 4) is 0 Å². The van der Waals surface area contributed by atoms with Crippen LogP contribution in [0.1, 0.15) is 37.6 Å². The number of benzene rings is 1. The van der Waals surface area contributed by atoms with Crippen LogP contribution in [0.25, 0.3) is 10.9 Å². The maximum Gasteiger partial charge on any atom is 0.256 e. The van der Waals surface area contributed by atoms with Gasteiger partial charge in [0.25, 0.3) is 11.8 Å². The van der Waals surface area contributed by atoms with Crippen LogP contribution in [0.4, 0.5) is 5.00 Å². The fourth-order valence-corrected chi connectivity index (χ4v) is 4.41. The number of nitrogens with two attached hydrogens (primary N) is 1. The van der Waals surface area contributed by atoms with Gasteiger partial charge in [-0.1, -0.05) is 6.07 Å². The fraction of sp³-hybridized carbons (Fsp3) is 0.176. The number of aromatic amines is 1. The van der Waals surface area contributed by atoms with E-state index in [1.807, 2.05) is 18.3 Å². The highest BCUT2D eigenvalue weighted by atomic mass is 32.1. The van der Waals surface area contributed by atoms with E-state index in [2.05, 4.69) is 10.3 Å². The summed E-state index contributed by atoms with van der Waals surface area (Å²) in [7, 11) is 0. The van der Waals surface area contributed by atoms with Crippen molar-refractivity contribution >= 4 is 39.1 Å². The van der Waals surface area contributed by atoms with Crippen LogP contribution < -0.4 is 11.1 Å². The molecule has 2 amide bonds. The van der Waals surface area contributed by atoms with E-state index in [1.54, 1.807) is 12.1 Å². The quantitative estimate of drug-likeness (QED) is 0.691. The molecular formula is C17H15N3O2S. The van der Waals surface area contributed by atoms with Gasteiger partial charge >= 0.3 is 0 Å². The number of hydrogen-bond acceptors (Lipinski definition) is 3. The van der Waals surface area contributed by atoms with E-state index in [0.29, 0.717) is 16.1 Å². The van der Waals surface area contributed by atoms with Gasteiger partial charge in [-0.05, 0) is 48.4 Å². The van der Waals surface area contributed by atoms with Crippen molar-refractivity contribution in [1.29, 1.82) is 0 Å². The number of carbonyl (C=O) groups excluding carboxylic acids is 2. The van der Waals surface area contributed by atoms with Gasteiger partial charge in [0.15, 0.2) is 0 Å². The molecule has 0 bridgehead atoms. The minimum Gasteiger partial charge on any atom is -0.365 e. The van der Waals surface area contributed by atoms with Gasteiger partial charge in [0.1, 0.15) is 5.00 Å². The third-order valence-electron chi connectivity index (χ3n) is 4.21. The first kappa shape index (κ1) is 14.0. The van der Waals surface area contributed by atoms with Crippen LogP contribution >= 0.6 is 11.3 Å². The van der Waals surface area contributed by atoms with Crippen LogP contribution in [0.15, 0.2) is 30.5 Å². The monoisotopic (exact) mass is 325 g/mol. The van der Waals surface area contributed by atoms with Crippen molar-refractivity contribution in [1.82, 2.24) is 4.98 Å². The molecule has 5 nitrogen and oxygen atoms in total. The van der Waals surface area contributed by atoms with Gasteiger partial charge in [0, 0.05) is 22.2 Å². The predicted octanol–water partition coefficient (Wildman–Crippen LogP) is 3.07. The lowest BCUT2D eigenvalue weighted by Crippen LogP contribution is -2.17. The molecule has 0 unspecified atom stereocenters. The Hall–Kier alpha value is -2.60. The number of anilines is 1. The maximum atomic E-state index is 12.5. The number of aromatic nitrogens is 1. The summed E-state index contributed by atoms with van der Waals surface area (Å²) in [5.74, 6) is -0.705. The summed E-state index contributed by atoms with van der Waals surface area (Å²) in [4.78, 5) is 28.5. The Bertz CT molecular complexity index is 939. The molecule has 6 heteroatoms. The van der Waals surface area contributed by atoms with Gasteiger partial charge in [-0.15, -0.1) is 11.3 Å². The minimum absolute atomic E-state index is 0.232. The first-order valence-corrected chi connectivity index (χ1v) is 8.28. The zero-order valence-corrected chi connectivity index (χ0v) is 13.1. The first-order valence-electron chi connectivity index (χ1n) is 7.46. The number of hydrogen-bond donors (Lipinski definition) is 3. The molecule has 0 atom stereocenters. The summed E-state index contributed by atoms with van der Waals surface area (Å²) in [5.41, 5.74) is 8.46. The van der Waals surface area contributed by atoms with E-state index in [0.717, 1.165) is 40.6 Å². The molecule has 1 aliphatic rings. The van der Waals surface area contributed by atoms with E-state index in [1.165, 1.54) is 11.3 Å². The third-order valence-corrected chi connectivity index (χ3v) is 5.42. The second kappa shape index (κ2) is 5.24. The van der Waals surface area contributed by atoms with Crippen LogP contribution in [0.3, 0.4) is 0 Å². The number of carbonyl (C=O) groups is 2. The average molecular weight is 325 g/mol. The number of H-pyrrole nitrogens is 1. The van der Waals surface area contributed by atoms with Crippen LogP contribution in [0, 0.1) is 0 Å². The predicted molar refractivity (Wildman–Crippen MR) is 91.1 cm³/mol. The average Bonchev–Trinajstić information content (AvgIpc) is 3.20. The van der Waals surface area contributed by atoms with Gasteiger partial charge in [-0.25, -0.2) is 0 Å². The lowest BCUT2D eigenvalue weighted by molar-refractivity contribution is 0.100. The third kappa shape index (κ3) is 2.31. The van der Waals surface area contributed by atoms with Gasteiger partial charge in [0.05, 0.1) is 5.56 Å². The van der Waals surface area contributed by atoms with E-state index < -0.39 is 5.91 Å². The number of rotatable bonds is 3. The molecule has 2 heterocycles. The summed E-state index contributed by atoms with van der Waals surface area (Å²) in [5, 5.41) is 4.48. The van der Waals surface area contributed by atoms with E-state index in [4.69, 9.17) is 5.73 Å². The summed E-state index contributed by atoms with van der Waals surface area (Å²) < 4.78 is 0. The zero-order valence-electron chi connectivity index (χ0n) is 12.3. The lowest BCUT2D eigenvalue weighted by Gasteiger charge is -2.06. The standard InChI is InChI=1S/C17H15N3O2S/c18-15(21)14-11-2-1-3-13(11)23-17(14)20-16(22)10-5-4-9-6-7-19-12(9)8-10/h4-8,19H,1-3H2,(H2,18,21)(H,20,22). The van der Waals surface area contributed by atoms with Gasteiger partial charge in [0.2, 0.25) is 0 Å². The zero-order chi connectivity index (χ0) is 16.0. The highest BCUT2D eigenvalue weighted by Gasteiger charge is 2.26. The van der Waals surface area contributed by atoms with Crippen molar-refractivity contribution in [2.75, 3.05) is 5.32 Å². The molecule has 0 aliphatic heterocycles. The Morgan fingerprint density at radius 2 is 2.09 bits per heavy atom. The van der Waals surface area contributed by atoms with Crippen LogP contribution in [-0.2, 0) is 12.8 Å². The number of fused-ring (bicyclic) bond motifs is 2. The van der Waals surface area contributed by atoms with Gasteiger partial charge < -0.3 is 16.0 Å². The SMILES string of the molecule is NC(=O)c1c(NC(=O)c2ccc3cc[nH]c3c2)sc2c1CCC2.